The number of H-pyrrole nitrogens is 1. The second-order valence-corrected chi connectivity index (χ2v) is 5.03. The fraction of sp³-hybridized carbons (Fsp3) is 0.750. The summed E-state index contributed by atoms with van der Waals surface area (Å²) < 4.78 is 5.25. The van der Waals surface area contributed by atoms with Crippen LogP contribution in [0.1, 0.15) is 31.6 Å². The van der Waals surface area contributed by atoms with Crippen LogP contribution in [0, 0.1) is 5.41 Å². The van der Waals surface area contributed by atoms with Crippen LogP contribution in [0.25, 0.3) is 0 Å². The number of hydrogen-bond acceptors (Lipinski definition) is 5. The van der Waals surface area contributed by atoms with Crippen molar-refractivity contribution in [2.24, 2.45) is 5.41 Å². The summed E-state index contributed by atoms with van der Waals surface area (Å²) in [6.45, 7) is 4.02. The zero-order valence-electron chi connectivity index (χ0n) is 11.4. The maximum Gasteiger partial charge on any atom is 0.229 e. The fourth-order valence-corrected chi connectivity index (χ4v) is 2.46. The lowest BCUT2D eigenvalue weighted by atomic mass is 9.78. The zero-order chi connectivity index (χ0) is 13.7. The van der Waals surface area contributed by atoms with Crippen LogP contribution in [0.2, 0.25) is 0 Å². The van der Waals surface area contributed by atoms with Gasteiger partial charge in [0.2, 0.25) is 5.91 Å². The molecule has 0 aromatic carbocycles. The maximum absolute atomic E-state index is 12.5. The van der Waals surface area contributed by atoms with Crippen LogP contribution < -0.4 is 10.6 Å². The molecule has 1 aliphatic rings. The van der Waals surface area contributed by atoms with Gasteiger partial charge >= 0.3 is 0 Å². The normalized spacial score (nSPS) is 19.9. The van der Waals surface area contributed by atoms with Crippen LogP contribution in [0.3, 0.4) is 0 Å². The number of aromatic nitrogens is 3. The van der Waals surface area contributed by atoms with Gasteiger partial charge < -0.3 is 15.4 Å². The van der Waals surface area contributed by atoms with E-state index in [1.807, 2.05) is 6.92 Å². The summed E-state index contributed by atoms with van der Waals surface area (Å²) in [5.41, 5.74) is -0.436. The van der Waals surface area contributed by atoms with Crippen LogP contribution in [0.5, 0.6) is 0 Å². The van der Waals surface area contributed by atoms with Crippen molar-refractivity contribution >= 4 is 5.91 Å². The van der Waals surface area contributed by atoms with E-state index in [1.165, 1.54) is 6.33 Å². The molecule has 0 saturated carbocycles. The topological polar surface area (TPSA) is 91.9 Å². The number of nitrogens with one attached hydrogen (secondary N) is 3. The number of nitrogens with zero attached hydrogens (tertiary/aromatic N) is 2. The van der Waals surface area contributed by atoms with Crippen molar-refractivity contribution in [2.75, 3.05) is 26.8 Å². The molecule has 19 heavy (non-hydrogen) atoms. The van der Waals surface area contributed by atoms with Crippen molar-refractivity contribution in [2.45, 2.75) is 25.8 Å². The Kier molecular flexibility index (Phi) is 4.49. The Hall–Kier alpha value is -1.47. The molecule has 1 atom stereocenters. The average molecular weight is 267 g/mol. The fourth-order valence-electron chi connectivity index (χ4n) is 2.46. The van der Waals surface area contributed by atoms with E-state index in [0.29, 0.717) is 12.4 Å². The molecule has 1 amide bonds. The van der Waals surface area contributed by atoms with E-state index in [-0.39, 0.29) is 11.9 Å². The third-order valence-electron chi connectivity index (χ3n) is 3.65. The standard InChI is InChI=1S/C12H21N5O2/c1-9(10-14-8-15-17-10)16-11(18)12(7-19-2)3-5-13-6-4-12/h8-9,13H,3-7H2,1-2H3,(H,16,18)(H,14,15,17). The van der Waals surface area contributed by atoms with Gasteiger partial charge in [-0.2, -0.15) is 5.10 Å². The Morgan fingerprint density at radius 2 is 2.32 bits per heavy atom. The number of piperidine rings is 1. The van der Waals surface area contributed by atoms with E-state index in [9.17, 15) is 4.79 Å². The summed E-state index contributed by atoms with van der Waals surface area (Å²) in [6, 6.07) is -0.182. The van der Waals surface area contributed by atoms with E-state index in [4.69, 9.17) is 4.74 Å². The molecule has 2 rings (SSSR count). The third kappa shape index (κ3) is 3.10. The highest BCUT2D eigenvalue weighted by molar-refractivity contribution is 5.83. The van der Waals surface area contributed by atoms with Crippen LogP contribution in [0.4, 0.5) is 0 Å². The first-order valence-electron chi connectivity index (χ1n) is 6.54. The molecule has 0 aliphatic carbocycles. The van der Waals surface area contributed by atoms with E-state index in [1.54, 1.807) is 7.11 Å². The van der Waals surface area contributed by atoms with Crippen LogP contribution >= 0.6 is 0 Å². The van der Waals surface area contributed by atoms with E-state index >= 15 is 0 Å². The van der Waals surface area contributed by atoms with E-state index in [2.05, 4.69) is 25.8 Å². The second kappa shape index (κ2) is 6.12. The molecular weight excluding hydrogens is 246 g/mol. The number of hydrogen-bond donors (Lipinski definition) is 3. The van der Waals surface area contributed by atoms with Gasteiger partial charge in [0.1, 0.15) is 12.2 Å². The second-order valence-electron chi connectivity index (χ2n) is 5.03. The van der Waals surface area contributed by atoms with Crippen LogP contribution in [-0.2, 0) is 9.53 Å². The highest BCUT2D eigenvalue weighted by Crippen LogP contribution is 2.30. The smallest absolute Gasteiger partial charge is 0.229 e. The minimum Gasteiger partial charge on any atom is -0.384 e. The first kappa shape index (κ1) is 14.0. The summed E-state index contributed by atoms with van der Waals surface area (Å²) in [7, 11) is 1.64. The number of aromatic amines is 1. The largest absolute Gasteiger partial charge is 0.384 e. The molecule has 2 heterocycles. The Bertz CT molecular complexity index is 395. The van der Waals surface area contributed by atoms with Gasteiger partial charge in [-0.25, -0.2) is 4.98 Å². The lowest BCUT2D eigenvalue weighted by Crippen LogP contribution is -2.50. The molecule has 7 nitrogen and oxygen atoms in total. The number of carbonyl (C=O) groups excluding carboxylic acids is 1. The Morgan fingerprint density at radius 1 is 1.58 bits per heavy atom. The van der Waals surface area contributed by atoms with Crippen molar-refractivity contribution in [3.05, 3.63) is 12.2 Å². The molecule has 106 valence electrons. The quantitative estimate of drug-likeness (QED) is 0.698. The van der Waals surface area contributed by atoms with Gasteiger partial charge in [0, 0.05) is 7.11 Å². The van der Waals surface area contributed by atoms with Crippen molar-refractivity contribution in [3.8, 4) is 0 Å². The Labute approximate surface area is 112 Å². The van der Waals surface area contributed by atoms with Crippen molar-refractivity contribution in [1.29, 1.82) is 0 Å². The first-order chi connectivity index (χ1) is 9.18. The highest BCUT2D eigenvalue weighted by Gasteiger charge is 2.40. The summed E-state index contributed by atoms with van der Waals surface area (Å²) in [4.78, 5) is 16.6. The molecule has 3 N–H and O–H groups in total. The first-order valence-corrected chi connectivity index (χ1v) is 6.54. The number of rotatable bonds is 5. The Balaban J connectivity index is 2.03. The van der Waals surface area contributed by atoms with E-state index < -0.39 is 5.41 Å². The molecule has 1 unspecified atom stereocenters. The van der Waals surface area contributed by atoms with Gasteiger partial charge in [-0.1, -0.05) is 0 Å². The zero-order valence-corrected chi connectivity index (χ0v) is 11.4. The predicted molar refractivity (Wildman–Crippen MR) is 69.4 cm³/mol. The van der Waals surface area contributed by atoms with Crippen LogP contribution in [-0.4, -0.2) is 47.9 Å². The number of carbonyl (C=O) groups is 1. The monoisotopic (exact) mass is 267 g/mol. The molecule has 0 spiro atoms. The molecule has 1 aliphatic heterocycles. The van der Waals surface area contributed by atoms with Gasteiger partial charge in [0.15, 0.2) is 0 Å². The van der Waals surface area contributed by atoms with Crippen molar-refractivity contribution < 1.29 is 9.53 Å². The Morgan fingerprint density at radius 3 is 2.89 bits per heavy atom. The van der Waals surface area contributed by atoms with Gasteiger partial charge in [-0.05, 0) is 32.9 Å². The predicted octanol–water partition coefficient (Wildman–Crippen LogP) is -0.00190. The lowest BCUT2D eigenvalue weighted by molar-refractivity contribution is -0.137. The molecule has 1 aromatic heterocycles. The van der Waals surface area contributed by atoms with Gasteiger partial charge in [-0.15, -0.1) is 0 Å². The number of amides is 1. The molecule has 1 aromatic rings. The van der Waals surface area contributed by atoms with Crippen LogP contribution in [0.15, 0.2) is 6.33 Å². The van der Waals surface area contributed by atoms with Crippen molar-refractivity contribution in [1.82, 2.24) is 25.8 Å². The molecule has 7 heteroatoms. The van der Waals surface area contributed by atoms with Crippen molar-refractivity contribution in [3.63, 3.8) is 0 Å². The summed E-state index contributed by atoms with van der Waals surface area (Å²) in [5, 5.41) is 12.8. The number of ether oxygens (including phenoxy) is 1. The van der Waals surface area contributed by atoms with Gasteiger partial charge in [0.05, 0.1) is 18.1 Å². The summed E-state index contributed by atoms with van der Waals surface area (Å²) in [5.74, 6) is 0.689. The summed E-state index contributed by atoms with van der Waals surface area (Å²) in [6.07, 6.45) is 3.01. The van der Waals surface area contributed by atoms with Gasteiger partial charge in [-0.3, -0.25) is 9.89 Å². The average Bonchev–Trinajstić information content (AvgIpc) is 2.94. The van der Waals surface area contributed by atoms with E-state index in [0.717, 1.165) is 25.9 Å². The molecule has 1 saturated heterocycles. The summed E-state index contributed by atoms with van der Waals surface area (Å²) >= 11 is 0. The third-order valence-corrected chi connectivity index (χ3v) is 3.65. The molecule has 0 radical (unpaired) electrons. The molecule has 1 fully saturated rings. The molecule has 0 bridgehead atoms. The number of methoxy groups -OCH3 is 1. The molecular formula is C12H21N5O2. The SMILES string of the molecule is COCC1(C(=O)NC(C)c2ncn[nH]2)CCNCC1. The lowest BCUT2D eigenvalue weighted by Gasteiger charge is -2.36. The maximum atomic E-state index is 12.5. The minimum atomic E-state index is -0.436. The minimum absolute atomic E-state index is 0.0275. The highest BCUT2D eigenvalue weighted by atomic mass is 16.5. The van der Waals surface area contributed by atoms with Gasteiger partial charge in [0.25, 0.3) is 0 Å².